The van der Waals surface area contributed by atoms with Crippen LogP contribution in [0.25, 0.3) is 10.4 Å². The van der Waals surface area contributed by atoms with Gasteiger partial charge in [-0.25, -0.2) is 0 Å². The Balaban J connectivity index is 1.42. The van der Waals surface area contributed by atoms with Gasteiger partial charge in [-0.05, 0) is 47.1 Å². The van der Waals surface area contributed by atoms with E-state index < -0.39 is 84.6 Å². The molecule has 0 bridgehead atoms. The van der Waals surface area contributed by atoms with Gasteiger partial charge in [-0.2, -0.15) is 0 Å². The van der Waals surface area contributed by atoms with Gasteiger partial charge < -0.3 is 57.2 Å². The van der Waals surface area contributed by atoms with E-state index in [0.29, 0.717) is 0 Å². The monoisotopic (exact) mass is 561 g/mol. The highest BCUT2D eigenvalue weighted by Crippen LogP contribution is 2.46. The minimum atomic E-state index is -1.40. The van der Waals surface area contributed by atoms with Crippen LogP contribution < -0.4 is 0 Å². The van der Waals surface area contributed by atoms with Gasteiger partial charge in [0.2, 0.25) is 11.6 Å². The molecule has 0 aromatic rings. The average molecular weight is 562 g/mol. The van der Waals surface area contributed by atoms with Crippen LogP contribution in [0.15, 0.2) is 5.11 Å². The van der Waals surface area contributed by atoms with E-state index in [1.54, 1.807) is 27.7 Å². The lowest BCUT2D eigenvalue weighted by atomic mass is 9.93. The maximum Gasteiger partial charge on any atom is 0.220 e. The van der Waals surface area contributed by atoms with Crippen LogP contribution in [0.4, 0.5) is 0 Å². The first-order chi connectivity index (χ1) is 18.3. The first kappa shape index (κ1) is 29.3. The van der Waals surface area contributed by atoms with Crippen LogP contribution in [0.1, 0.15) is 41.5 Å². The lowest BCUT2D eigenvalue weighted by molar-refractivity contribution is -0.479. The molecule has 5 fully saturated rings. The van der Waals surface area contributed by atoms with E-state index in [1.165, 1.54) is 14.2 Å². The SMILES string of the molecule is CO[C@@]1(C)O[C@@H]2[C@H](O)[C@@H](O[C@@H]3[C@H]4OC(C)(C)O[C@H]4O[C@@H]3[C@H]3COC(C)(C)O3)O[C@H](CN=[N+]=[N-])[C@H]2O[C@]1(C)OC. The Hall–Kier alpha value is -1.17. The molecular weight excluding hydrogens is 522 g/mol. The summed E-state index contributed by atoms with van der Waals surface area (Å²) in [5.41, 5.74) is 8.99. The van der Waals surface area contributed by atoms with E-state index in [1.807, 2.05) is 13.8 Å². The topological polar surface area (TPSA) is 171 Å². The van der Waals surface area contributed by atoms with E-state index in [4.69, 9.17) is 57.6 Å². The fourth-order valence-corrected chi connectivity index (χ4v) is 5.74. The van der Waals surface area contributed by atoms with Crippen LogP contribution in [0.5, 0.6) is 0 Å². The molecule has 0 spiro atoms. The van der Waals surface area contributed by atoms with Crippen molar-refractivity contribution in [2.45, 2.75) is 126 Å². The molecule has 15 nitrogen and oxygen atoms in total. The molecule has 0 unspecified atom stereocenters. The summed E-state index contributed by atoms with van der Waals surface area (Å²) < 4.78 is 66.4. The molecule has 0 radical (unpaired) electrons. The minimum Gasteiger partial charge on any atom is -0.385 e. The Labute approximate surface area is 226 Å². The van der Waals surface area contributed by atoms with Crippen molar-refractivity contribution in [2.75, 3.05) is 27.4 Å². The zero-order chi connectivity index (χ0) is 28.4. The number of hydrogen-bond acceptors (Lipinski definition) is 13. The summed E-state index contributed by atoms with van der Waals surface area (Å²) in [7, 11) is 2.90. The minimum absolute atomic E-state index is 0.117. The molecule has 5 aliphatic heterocycles. The van der Waals surface area contributed by atoms with Gasteiger partial charge in [-0.3, -0.25) is 0 Å². The Morgan fingerprint density at radius 1 is 0.846 bits per heavy atom. The van der Waals surface area contributed by atoms with Gasteiger partial charge in [-0.1, -0.05) is 5.11 Å². The Morgan fingerprint density at radius 3 is 2.10 bits per heavy atom. The quantitative estimate of drug-likeness (QED) is 0.269. The summed E-state index contributed by atoms with van der Waals surface area (Å²) in [6.07, 6.45) is -8.63. The highest BCUT2D eigenvalue weighted by Gasteiger charge is 2.64. The van der Waals surface area contributed by atoms with Crippen LogP contribution in [0, 0.1) is 0 Å². The summed E-state index contributed by atoms with van der Waals surface area (Å²) >= 11 is 0. The third kappa shape index (κ3) is 5.18. The average Bonchev–Trinajstić information content (AvgIpc) is 3.50. The summed E-state index contributed by atoms with van der Waals surface area (Å²) in [5, 5.41) is 15.2. The lowest BCUT2D eigenvalue weighted by Gasteiger charge is -2.56. The van der Waals surface area contributed by atoms with Gasteiger partial charge in [0.1, 0.15) is 42.7 Å². The maximum atomic E-state index is 11.5. The molecule has 0 aromatic heterocycles. The first-order valence-corrected chi connectivity index (χ1v) is 13.0. The van der Waals surface area contributed by atoms with Crippen molar-refractivity contribution >= 4 is 0 Å². The maximum absolute atomic E-state index is 11.5. The molecule has 39 heavy (non-hydrogen) atoms. The van der Waals surface area contributed by atoms with Crippen molar-refractivity contribution in [1.82, 2.24) is 0 Å². The van der Waals surface area contributed by atoms with E-state index >= 15 is 0 Å². The van der Waals surface area contributed by atoms with Crippen LogP contribution in [-0.2, 0) is 52.1 Å². The molecule has 5 heterocycles. The highest BCUT2D eigenvalue weighted by atomic mass is 16.9. The molecule has 0 amide bonds. The molecule has 1 N–H and O–H groups in total. The van der Waals surface area contributed by atoms with E-state index in [9.17, 15) is 5.11 Å². The van der Waals surface area contributed by atoms with Gasteiger partial charge in [0.15, 0.2) is 24.2 Å². The van der Waals surface area contributed by atoms with E-state index in [2.05, 4.69) is 10.0 Å². The number of nitrogens with zero attached hydrogens (tertiary/aromatic N) is 3. The number of methoxy groups -OCH3 is 2. The normalized spacial score (nSPS) is 50.3. The zero-order valence-corrected chi connectivity index (χ0v) is 23.5. The predicted molar refractivity (Wildman–Crippen MR) is 128 cm³/mol. The second-order valence-corrected chi connectivity index (χ2v) is 11.4. The van der Waals surface area contributed by atoms with Crippen LogP contribution in [0.2, 0.25) is 0 Å². The Kier molecular flexibility index (Phi) is 7.73. The lowest BCUT2D eigenvalue weighted by Crippen LogP contribution is -2.73. The largest absolute Gasteiger partial charge is 0.385 e. The third-order valence-electron chi connectivity index (χ3n) is 7.98. The van der Waals surface area contributed by atoms with E-state index in [-0.39, 0.29) is 13.2 Å². The standard InChI is InChI=1S/C24H39N3O12/c1-21(2)31-10-12(35-21)14-17(18-20(33-14)39-22(3,4)36-18)34-19-13(28)16-15(11(32-19)9-26-27-25)37-23(5,29-7)24(6,30-8)38-16/h11-20,28H,9-10H2,1-8H3/t11-,12-,13+,14-,15-,16-,17+,18-,19-,20-,23+,24+/m1/s1. The van der Waals surface area contributed by atoms with Crippen molar-refractivity contribution in [1.29, 1.82) is 0 Å². The fraction of sp³-hybridized carbons (Fsp3) is 1.00. The van der Waals surface area contributed by atoms with E-state index in [0.717, 1.165) is 0 Å². The molecule has 5 saturated heterocycles. The summed E-state index contributed by atoms with van der Waals surface area (Å²) in [6.45, 7) is 10.6. The van der Waals surface area contributed by atoms with Crippen molar-refractivity contribution < 1.29 is 57.2 Å². The van der Waals surface area contributed by atoms with Crippen molar-refractivity contribution in [2.24, 2.45) is 5.11 Å². The van der Waals surface area contributed by atoms with Crippen LogP contribution in [-0.4, -0.2) is 117 Å². The van der Waals surface area contributed by atoms with Crippen molar-refractivity contribution in [3.05, 3.63) is 10.4 Å². The number of fused-ring (bicyclic) bond motifs is 2. The zero-order valence-electron chi connectivity index (χ0n) is 23.5. The summed E-state index contributed by atoms with van der Waals surface area (Å²) in [5.74, 6) is -4.48. The molecule has 0 aromatic carbocycles. The Bertz CT molecular complexity index is 965. The fourth-order valence-electron chi connectivity index (χ4n) is 5.74. The van der Waals surface area contributed by atoms with Gasteiger partial charge in [-0.15, -0.1) is 0 Å². The molecule has 5 rings (SSSR count). The number of ether oxygens (including phenoxy) is 11. The molecule has 15 heteroatoms. The van der Waals surface area contributed by atoms with Gasteiger partial charge in [0.05, 0.1) is 19.3 Å². The molecule has 12 atom stereocenters. The highest BCUT2D eigenvalue weighted by molar-refractivity contribution is 5.03. The second-order valence-electron chi connectivity index (χ2n) is 11.4. The number of aliphatic hydroxyl groups excluding tert-OH is 1. The van der Waals surface area contributed by atoms with Gasteiger partial charge in [0, 0.05) is 19.1 Å². The van der Waals surface area contributed by atoms with Gasteiger partial charge >= 0.3 is 0 Å². The number of hydrogen-bond donors (Lipinski definition) is 1. The van der Waals surface area contributed by atoms with Crippen molar-refractivity contribution in [3.63, 3.8) is 0 Å². The molecule has 5 aliphatic rings. The summed E-state index contributed by atoms with van der Waals surface area (Å²) in [6, 6.07) is 0. The molecule has 222 valence electrons. The third-order valence-corrected chi connectivity index (χ3v) is 7.98. The second kappa shape index (κ2) is 10.3. The first-order valence-electron chi connectivity index (χ1n) is 13.0. The number of rotatable bonds is 7. The van der Waals surface area contributed by atoms with Crippen LogP contribution in [0.3, 0.4) is 0 Å². The smallest absolute Gasteiger partial charge is 0.220 e. The number of azide groups is 1. The molecular formula is C24H39N3O12. The van der Waals surface area contributed by atoms with Crippen molar-refractivity contribution in [3.8, 4) is 0 Å². The molecule has 0 saturated carbocycles. The van der Waals surface area contributed by atoms with Gasteiger partial charge in [0.25, 0.3) is 0 Å². The summed E-state index contributed by atoms with van der Waals surface area (Å²) in [4.78, 5) is 2.86. The number of aliphatic hydroxyl groups is 1. The molecule has 0 aliphatic carbocycles. The van der Waals surface area contributed by atoms with Crippen LogP contribution >= 0.6 is 0 Å². The predicted octanol–water partition coefficient (Wildman–Crippen LogP) is 1.30. The Morgan fingerprint density at radius 2 is 1.51 bits per heavy atom.